The van der Waals surface area contributed by atoms with Crippen molar-refractivity contribution in [3.8, 4) is 0 Å². The van der Waals surface area contributed by atoms with Gasteiger partial charge < -0.3 is 14.3 Å². The molecule has 2 aromatic rings. The van der Waals surface area contributed by atoms with Gasteiger partial charge in [-0.2, -0.15) is 0 Å². The smallest absolute Gasteiger partial charge is 0.306 e. The molecule has 2 aromatic heterocycles. The van der Waals surface area contributed by atoms with E-state index in [1.54, 1.807) is 6.20 Å². The third kappa shape index (κ3) is 3.66. The van der Waals surface area contributed by atoms with Gasteiger partial charge in [-0.15, -0.1) is 0 Å². The Morgan fingerprint density at radius 2 is 2.25 bits per heavy atom. The van der Waals surface area contributed by atoms with Crippen LogP contribution in [0.15, 0.2) is 18.3 Å². The number of aromatic amines is 1. The molecular weight excluding hydrogens is 274 g/mol. The maximum atomic E-state index is 11.7. The van der Waals surface area contributed by atoms with Crippen LogP contribution in [0.4, 0.5) is 0 Å². The fourth-order valence-corrected chi connectivity index (χ4v) is 2.26. The van der Waals surface area contributed by atoms with E-state index >= 15 is 0 Å². The Labute approximate surface area is 123 Å². The molecule has 2 rings (SSSR count). The molecule has 0 unspecified atom stereocenters. The van der Waals surface area contributed by atoms with Crippen LogP contribution in [-0.2, 0) is 16.1 Å². The molecule has 2 heterocycles. The molecule has 20 heavy (non-hydrogen) atoms. The van der Waals surface area contributed by atoms with E-state index in [0.29, 0.717) is 24.2 Å². The number of rotatable bonds is 4. The topological polar surface area (TPSA) is 59.9 Å². The summed E-state index contributed by atoms with van der Waals surface area (Å²) < 4.78 is 7.82. The zero-order valence-electron chi connectivity index (χ0n) is 12.0. The molecule has 0 aromatic carbocycles. The average Bonchev–Trinajstić information content (AvgIpc) is 2.64. The standard InChI is InChI=1S/C14H19N3O2S/c1-14(2,3)19-11(18)7-5-9-17-12-10(16-13(17)20)6-4-8-15-12/h4,6,8H,5,7,9H2,1-3H3,(H,16,20). The lowest BCUT2D eigenvalue weighted by molar-refractivity contribution is -0.154. The summed E-state index contributed by atoms with van der Waals surface area (Å²) in [7, 11) is 0. The van der Waals surface area contributed by atoms with Crippen molar-refractivity contribution in [3.05, 3.63) is 23.1 Å². The van der Waals surface area contributed by atoms with Gasteiger partial charge in [-0.05, 0) is 51.5 Å². The Kier molecular flexibility index (Phi) is 4.23. The van der Waals surface area contributed by atoms with Crippen LogP contribution in [-0.4, -0.2) is 26.1 Å². The highest BCUT2D eigenvalue weighted by molar-refractivity contribution is 7.71. The first kappa shape index (κ1) is 14.7. The number of aromatic nitrogens is 3. The molecule has 0 atom stereocenters. The third-order valence-electron chi connectivity index (χ3n) is 2.71. The highest BCUT2D eigenvalue weighted by atomic mass is 32.1. The van der Waals surface area contributed by atoms with Crippen molar-refractivity contribution in [1.82, 2.24) is 14.5 Å². The summed E-state index contributed by atoms with van der Waals surface area (Å²) in [5.41, 5.74) is 1.30. The van der Waals surface area contributed by atoms with Gasteiger partial charge in [0.2, 0.25) is 0 Å². The molecule has 0 saturated carbocycles. The predicted octanol–water partition coefficient (Wildman–Crippen LogP) is 3.22. The van der Waals surface area contributed by atoms with E-state index in [4.69, 9.17) is 17.0 Å². The van der Waals surface area contributed by atoms with Crippen molar-refractivity contribution in [3.63, 3.8) is 0 Å². The molecule has 6 heteroatoms. The molecule has 0 aliphatic carbocycles. The van der Waals surface area contributed by atoms with E-state index in [1.165, 1.54) is 0 Å². The molecule has 0 saturated heterocycles. The molecule has 1 N–H and O–H groups in total. The van der Waals surface area contributed by atoms with E-state index < -0.39 is 5.60 Å². The second-order valence-electron chi connectivity index (χ2n) is 5.65. The lowest BCUT2D eigenvalue weighted by Crippen LogP contribution is -2.23. The molecule has 0 radical (unpaired) electrons. The summed E-state index contributed by atoms with van der Waals surface area (Å²) in [6, 6.07) is 3.79. The number of pyridine rings is 1. The average molecular weight is 293 g/mol. The summed E-state index contributed by atoms with van der Waals surface area (Å²) in [5, 5.41) is 0. The van der Waals surface area contributed by atoms with Crippen LogP contribution >= 0.6 is 12.2 Å². The number of carbonyl (C=O) groups is 1. The van der Waals surface area contributed by atoms with Gasteiger partial charge in [0, 0.05) is 19.2 Å². The number of fused-ring (bicyclic) bond motifs is 1. The number of imidazole rings is 1. The van der Waals surface area contributed by atoms with Gasteiger partial charge in [0.15, 0.2) is 10.4 Å². The Bertz CT molecular complexity index is 667. The Hall–Kier alpha value is -1.69. The van der Waals surface area contributed by atoms with Crippen LogP contribution in [0, 0.1) is 4.77 Å². The number of nitrogens with zero attached hydrogens (tertiary/aromatic N) is 2. The third-order valence-corrected chi connectivity index (χ3v) is 3.03. The van der Waals surface area contributed by atoms with Gasteiger partial charge >= 0.3 is 5.97 Å². The molecule has 0 aliphatic rings. The molecule has 0 aliphatic heterocycles. The molecule has 0 amide bonds. The summed E-state index contributed by atoms with van der Waals surface area (Å²) in [6.45, 7) is 6.24. The van der Waals surface area contributed by atoms with Gasteiger partial charge in [0.25, 0.3) is 0 Å². The van der Waals surface area contributed by atoms with Crippen LogP contribution in [0.2, 0.25) is 0 Å². The summed E-state index contributed by atoms with van der Waals surface area (Å²) in [4.78, 5) is 19.1. The zero-order valence-corrected chi connectivity index (χ0v) is 12.8. The van der Waals surface area contributed by atoms with Crippen LogP contribution in [0.1, 0.15) is 33.6 Å². The quantitative estimate of drug-likeness (QED) is 0.694. The number of hydrogen-bond donors (Lipinski definition) is 1. The van der Waals surface area contributed by atoms with Crippen LogP contribution in [0.25, 0.3) is 11.2 Å². The van der Waals surface area contributed by atoms with Gasteiger partial charge in [-0.1, -0.05) is 0 Å². The molecule has 0 fully saturated rings. The minimum Gasteiger partial charge on any atom is -0.460 e. The van der Waals surface area contributed by atoms with Crippen molar-refractivity contribution in [2.24, 2.45) is 0 Å². The number of esters is 1. The SMILES string of the molecule is CC(C)(C)OC(=O)CCCn1c(=S)[nH]c2cccnc21. The zero-order chi connectivity index (χ0) is 14.8. The molecular formula is C14H19N3O2S. The van der Waals surface area contributed by atoms with Gasteiger partial charge in [-0.25, -0.2) is 4.98 Å². The maximum absolute atomic E-state index is 11.7. The van der Waals surface area contributed by atoms with Crippen molar-refractivity contribution >= 4 is 29.4 Å². The number of H-pyrrole nitrogens is 1. The number of aryl methyl sites for hydroxylation is 1. The summed E-state index contributed by atoms with van der Waals surface area (Å²) in [6.07, 6.45) is 2.78. The first-order chi connectivity index (χ1) is 9.37. The highest BCUT2D eigenvalue weighted by Crippen LogP contribution is 2.13. The van der Waals surface area contributed by atoms with Crippen LogP contribution < -0.4 is 0 Å². The van der Waals surface area contributed by atoms with Gasteiger partial charge in [-0.3, -0.25) is 4.79 Å². The Morgan fingerprint density at radius 3 is 2.95 bits per heavy atom. The van der Waals surface area contributed by atoms with Crippen LogP contribution in [0.5, 0.6) is 0 Å². The highest BCUT2D eigenvalue weighted by Gasteiger charge is 2.16. The van der Waals surface area contributed by atoms with E-state index in [9.17, 15) is 4.79 Å². The molecule has 108 valence electrons. The first-order valence-electron chi connectivity index (χ1n) is 6.62. The lowest BCUT2D eigenvalue weighted by Gasteiger charge is -2.19. The van der Waals surface area contributed by atoms with Gasteiger partial charge in [0.05, 0.1) is 5.52 Å². The summed E-state index contributed by atoms with van der Waals surface area (Å²) in [5.74, 6) is -0.184. The monoisotopic (exact) mass is 293 g/mol. The Balaban J connectivity index is 1.98. The second kappa shape index (κ2) is 5.75. The Morgan fingerprint density at radius 1 is 1.50 bits per heavy atom. The number of nitrogens with one attached hydrogen (secondary N) is 1. The fourth-order valence-electron chi connectivity index (χ4n) is 1.97. The molecule has 5 nitrogen and oxygen atoms in total. The first-order valence-corrected chi connectivity index (χ1v) is 7.03. The van der Waals surface area contributed by atoms with E-state index in [-0.39, 0.29) is 5.97 Å². The molecule has 0 spiro atoms. The maximum Gasteiger partial charge on any atom is 0.306 e. The number of hydrogen-bond acceptors (Lipinski definition) is 4. The van der Waals surface area contributed by atoms with E-state index in [2.05, 4.69) is 9.97 Å². The number of ether oxygens (including phenoxy) is 1. The van der Waals surface area contributed by atoms with Crippen LogP contribution in [0.3, 0.4) is 0 Å². The van der Waals surface area contributed by atoms with Crippen molar-refractivity contribution in [2.75, 3.05) is 0 Å². The van der Waals surface area contributed by atoms with Crippen molar-refractivity contribution < 1.29 is 9.53 Å². The van der Waals surface area contributed by atoms with Gasteiger partial charge in [0.1, 0.15) is 5.60 Å². The van der Waals surface area contributed by atoms with Crippen molar-refractivity contribution in [2.45, 2.75) is 45.8 Å². The van der Waals surface area contributed by atoms with E-state index in [0.717, 1.165) is 11.2 Å². The number of carbonyl (C=O) groups excluding carboxylic acids is 1. The fraction of sp³-hybridized carbons (Fsp3) is 0.500. The normalized spacial score (nSPS) is 11.8. The molecule has 0 bridgehead atoms. The van der Waals surface area contributed by atoms with E-state index in [1.807, 2.05) is 37.5 Å². The predicted molar refractivity (Wildman–Crippen MR) is 80.0 cm³/mol. The van der Waals surface area contributed by atoms with Crippen molar-refractivity contribution in [1.29, 1.82) is 0 Å². The minimum atomic E-state index is -0.435. The minimum absolute atomic E-state index is 0.184. The second-order valence-corrected chi connectivity index (χ2v) is 6.03. The lowest BCUT2D eigenvalue weighted by atomic mass is 10.2. The summed E-state index contributed by atoms with van der Waals surface area (Å²) >= 11 is 5.27. The largest absolute Gasteiger partial charge is 0.460 e.